The molecule has 2 aliphatic rings. The van der Waals surface area contributed by atoms with Gasteiger partial charge in [-0.2, -0.15) is 0 Å². The largest absolute Gasteiger partial charge is 0.472 e. The van der Waals surface area contributed by atoms with Crippen LogP contribution >= 0.6 is 0 Å². The molecule has 7 nitrogen and oxygen atoms in total. The van der Waals surface area contributed by atoms with Gasteiger partial charge in [0.2, 0.25) is 0 Å². The lowest BCUT2D eigenvalue weighted by Gasteiger charge is -2.35. The molecule has 4 rings (SSSR count). The maximum atomic E-state index is 12.4. The Morgan fingerprint density at radius 3 is 2.12 bits per heavy atom. The van der Waals surface area contributed by atoms with Crippen LogP contribution in [-0.2, 0) is 0 Å². The monoisotopic (exact) mass is 355 g/mol. The molecule has 0 radical (unpaired) electrons. The van der Waals surface area contributed by atoms with Crippen molar-refractivity contribution >= 4 is 17.5 Å². The fourth-order valence-electron chi connectivity index (χ4n) is 3.60. The SMILES string of the molecule is CC1CCN(c2ccc(N3CCN(C(=O)c4ccoc4)CC3)nn2)CC1. The highest BCUT2D eigenvalue weighted by Gasteiger charge is 2.24. The highest BCUT2D eigenvalue weighted by atomic mass is 16.3. The lowest BCUT2D eigenvalue weighted by Crippen LogP contribution is -2.49. The predicted octanol–water partition coefficient (Wildman–Crippen LogP) is 2.27. The summed E-state index contributed by atoms with van der Waals surface area (Å²) >= 11 is 0. The molecule has 0 aromatic carbocycles. The Bertz CT molecular complexity index is 715. The molecule has 0 spiro atoms. The van der Waals surface area contributed by atoms with Gasteiger partial charge in [-0.3, -0.25) is 4.79 Å². The van der Waals surface area contributed by atoms with Gasteiger partial charge >= 0.3 is 0 Å². The molecule has 0 atom stereocenters. The molecule has 2 aliphatic heterocycles. The van der Waals surface area contributed by atoms with Crippen LogP contribution in [0.5, 0.6) is 0 Å². The van der Waals surface area contributed by atoms with Crippen molar-refractivity contribution in [1.82, 2.24) is 15.1 Å². The van der Waals surface area contributed by atoms with Gasteiger partial charge in [-0.05, 0) is 37.0 Å². The number of aromatic nitrogens is 2. The van der Waals surface area contributed by atoms with E-state index in [1.54, 1.807) is 6.07 Å². The van der Waals surface area contributed by atoms with Crippen LogP contribution in [0, 0.1) is 5.92 Å². The first-order valence-corrected chi connectivity index (χ1v) is 9.36. The Balaban J connectivity index is 1.34. The number of furan rings is 1. The highest BCUT2D eigenvalue weighted by molar-refractivity contribution is 5.94. The third kappa shape index (κ3) is 3.52. The van der Waals surface area contributed by atoms with Crippen LogP contribution in [0.4, 0.5) is 11.6 Å². The molecule has 0 saturated carbocycles. The Morgan fingerprint density at radius 1 is 0.962 bits per heavy atom. The second-order valence-corrected chi connectivity index (χ2v) is 7.21. The van der Waals surface area contributed by atoms with Crippen LogP contribution in [0.25, 0.3) is 0 Å². The van der Waals surface area contributed by atoms with E-state index >= 15 is 0 Å². The summed E-state index contributed by atoms with van der Waals surface area (Å²) in [6.07, 6.45) is 5.47. The molecule has 4 heterocycles. The smallest absolute Gasteiger partial charge is 0.257 e. The van der Waals surface area contributed by atoms with Gasteiger partial charge in [0.05, 0.1) is 11.8 Å². The minimum absolute atomic E-state index is 0.0270. The van der Waals surface area contributed by atoms with Crippen LogP contribution in [-0.4, -0.2) is 60.3 Å². The van der Waals surface area contributed by atoms with Crippen molar-refractivity contribution in [3.05, 3.63) is 36.3 Å². The molecule has 7 heteroatoms. The molecule has 0 unspecified atom stereocenters. The maximum absolute atomic E-state index is 12.4. The molecule has 2 aromatic rings. The number of piperazine rings is 1. The normalized spacial score (nSPS) is 19.0. The molecule has 0 aliphatic carbocycles. The summed E-state index contributed by atoms with van der Waals surface area (Å²) in [6, 6.07) is 5.83. The molecule has 2 fully saturated rings. The molecular formula is C19H25N5O2. The van der Waals surface area contributed by atoms with Crippen molar-refractivity contribution in [3.63, 3.8) is 0 Å². The summed E-state index contributed by atoms with van der Waals surface area (Å²) in [5, 5.41) is 8.87. The fraction of sp³-hybridized carbons (Fsp3) is 0.526. The number of nitrogens with zero attached hydrogens (tertiary/aromatic N) is 5. The predicted molar refractivity (Wildman–Crippen MR) is 99.5 cm³/mol. The number of carbonyl (C=O) groups is 1. The first kappa shape index (κ1) is 16.9. The standard InChI is InChI=1S/C19H25N5O2/c1-15-4-7-22(8-5-15)17-2-3-18(21-20-17)23-9-11-24(12-10-23)19(25)16-6-13-26-14-16/h2-3,6,13-15H,4-5,7-12H2,1H3. The Labute approximate surface area is 153 Å². The molecule has 26 heavy (non-hydrogen) atoms. The number of amides is 1. The summed E-state index contributed by atoms with van der Waals surface area (Å²) < 4.78 is 5.00. The average molecular weight is 355 g/mol. The molecule has 2 aromatic heterocycles. The number of carbonyl (C=O) groups excluding carboxylic acids is 1. The first-order chi connectivity index (χ1) is 12.7. The minimum atomic E-state index is 0.0270. The zero-order chi connectivity index (χ0) is 17.9. The second-order valence-electron chi connectivity index (χ2n) is 7.21. The van der Waals surface area contributed by atoms with E-state index < -0.39 is 0 Å². The average Bonchev–Trinajstić information content (AvgIpc) is 3.23. The van der Waals surface area contributed by atoms with Crippen molar-refractivity contribution in [2.45, 2.75) is 19.8 Å². The topological polar surface area (TPSA) is 65.7 Å². The summed E-state index contributed by atoms with van der Waals surface area (Å²) in [7, 11) is 0. The zero-order valence-electron chi connectivity index (χ0n) is 15.2. The van der Waals surface area contributed by atoms with Crippen LogP contribution < -0.4 is 9.80 Å². The molecule has 0 bridgehead atoms. The quantitative estimate of drug-likeness (QED) is 0.841. The molecule has 2 saturated heterocycles. The molecule has 0 N–H and O–H groups in total. The van der Waals surface area contributed by atoms with Crippen LogP contribution in [0.15, 0.2) is 35.1 Å². The van der Waals surface area contributed by atoms with Crippen LogP contribution in [0.2, 0.25) is 0 Å². The fourth-order valence-corrected chi connectivity index (χ4v) is 3.60. The summed E-state index contributed by atoms with van der Waals surface area (Å²) in [5.74, 6) is 2.68. The van der Waals surface area contributed by atoms with E-state index in [-0.39, 0.29) is 5.91 Å². The third-order valence-electron chi connectivity index (χ3n) is 5.40. The van der Waals surface area contributed by atoms with Crippen molar-refractivity contribution in [2.75, 3.05) is 49.1 Å². The van der Waals surface area contributed by atoms with E-state index in [2.05, 4.69) is 33.0 Å². The number of hydrogen-bond donors (Lipinski definition) is 0. The number of anilines is 2. The van der Waals surface area contributed by atoms with Gasteiger partial charge in [-0.25, -0.2) is 0 Å². The van der Waals surface area contributed by atoms with E-state index in [9.17, 15) is 4.79 Å². The van der Waals surface area contributed by atoms with E-state index in [1.807, 2.05) is 11.0 Å². The molecule has 1 amide bonds. The van der Waals surface area contributed by atoms with E-state index in [4.69, 9.17) is 4.42 Å². The van der Waals surface area contributed by atoms with Gasteiger partial charge in [0.15, 0.2) is 11.6 Å². The Hall–Kier alpha value is -2.57. The lowest BCUT2D eigenvalue weighted by atomic mass is 9.99. The number of hydrogen-bond acceptors (Lipinski definition) is 6. The van der Waals surface area contributed by atoms with Gasteiger partial charge in [-0.1, -0.05) is 6.92 Å². The van der Waals surface area contributed by atoms with Crippen LogP contribution in [0.1, 0.15) is 30.1 Å². The lowest BCUT2D eigenvalue weighted by molar-refractivity contribution is 0.0746. The molecular weight excluding hydrogens is 330 g/mol. The van der Waals surface area contributed by atoms with Crippen LogP contribution in [0.3, 0.4) is 0 Å². The maximum Gasteiger partial charge on any atom is 0.257 e. The summed E-state index contributed by atoms with van der Waals surface area (Å²) in [4.78, 5) is 18.7. The van der Waals surface area contributed by atoms with Gasteiger partial charge in [0.25, 0.3) is 5.91 Å². The highest BCUT2D eigenvalue weighted by Crippen LogP contribution is 2.22. The third-order valence-corrected chi connectivity index (χ3v) is 5.40. The Morgan fingerprint density at radius 2 is 1.58 bits per heavy atom. The first-order valence-electron chi connectivity index (χ1n) is 9.36. The van der Waals surface area contributed by atoms with E-state index in [0.29, 0.717) is 18.7 Å². The minimum Gasteiger partial charge on any atom is -0.472 e. The van der Waals surface area contributed by atoms with Gasteiger partial charge < -0.3 is 19.1 Å². The Kier molecular flexibility index (Phi) is 4.77. The number of rotatable bonds is 3. The summed E-state index contributed by atoms with van der Waals surface area (Å²) in [5.41, 5.74) is 0.610. The number of piperidine rings is 1. The van der Waals surface area contributed by atoms with E-state index in [0.717, 1.165) is 43.7 Å². The summed E-state index contributed by atoms with van der Waals surface area (Å²) in [6.45, 7) is 7.31. The second kappa shape index (κ2) is 7.35. The zero-order valence-corrected chi connectivity index (χ0v) is 15.2. The van der Waals surface area contributed by atoms with Crippen molar-refractivity contribution in [2.24, 2.45) is 5.92 Å². The van der Waals surface area contributed by atoms with Crippen molar-refractivity contribution < 1.29 is 9.21 Å². The van der Waals surface area contributed by atoms with Gasteiger partial charge in [-0.15, -0.1) is 10.2 Å². The van der Waals surface area contributed by atoms with Crippen molar-refractivity contribution in [3.8, 4) is 0 Å². The van der Waals surface area contributed by atoms with E-state index in [1.165, 1.54) is 25.4 Å². The van der Waals surface area contributed by atoms with Gasteiger partial charge in [0, 0.05) is 39.3 Å². The van der Waals surface area contributed by atoms with Crippen molar-refractivity contribution in [1.29, 1.82) is 0 Å². The van der Waals surface area contributed by atoms with Gasteiger partial charge in [0.1, 0.15) is 6.26 Å². The molecule has 138 valence electrons.